The van der Waals surface area contributed by atoms with Gasteiger partial charge in [0.2, 0.25) is 5.85 Å². The van der Waals surface area contributed by atoms with Crippen LogP contribution in [0.1, 0.15) is 20.1 Å². The fourth-order valence-corrected chi connectivity index (χ4v) is 5.08. The van der Waals surface area contributed by atoms with Crippen molar-refractivity contribution in [2.24, 2.45) is 0 Å². The highest BCUT2D eigenvalue weighted by molar-refractivity contribution is 7.55. The summed E-state index contributed by atoms with van der Waals surface area (Å²) < 4.78 is 35.8. The smallest absolute Gasteiger partial charge is 0.366 e. The number of hydrogen-bond donors (Lipinski definition) is 4. The number of imidazole rings is 1. The molecule has 2 aromatic heterocycles. The van der Waals surface area contributed by atoms with Crippen LogP contribution in [0, 0.1) is 0 Å². The van der Waals surface area contributed by atoms with Gasteiger partial charge in [0.25, 0.3) is 0 Å². The summed E-state index contributed by atoms with van der Waals surface area (Å²) in [6.45, 7) is 1.64. The highest BCUT2D eigenvalue weighted by Gasteiger charge is 2.47. The highest BCUT2D eigenvalue weighted by Crippen LogP contribution is 2.54. The number of nitrogens with zero attached hydrogens (tertiary/aromatic N) is 4. The monoisotopic (exact) mass is 475 g/mol. The number of rotatable bonds is 11. The van der Waals surface area contributed by atoms with Crippen molar-refractivity contribution in [1.82, 2.24) is 19.5 Å². The lowest BCUT2D eigenvalue weighted by molar-refractivity contribution is -0.133. The van der Waals surface area contributed by atoms with E-state index in [4.69, 9.17) is 24.3 Å². The third kappa shape index (κ3) is 4.67. The summed E-state index contributed by atoms with van der Waals surface area (Å²) in [7, 11) is -4.07. The fraction of sp³-hybridized carbons (Fsp3) is 0.647. The van der Waals surface area contributed by atoms with E-state index in [1.54, 1.807) is 13.8 Å². The van der Waals surface area contributed by atoms with E-state index in [1.165, 1.54) is 17.2 Å². The Kier molecular flexibility index (Phi) is 7.90. The summed E-state index contributed by atoms with van der Waals surface area (Å²) in [6.07, 6.45) is -2.52. The molecule has 0 saturated carbocycles. The molecule has 1 fully saturated rings. The Morgan fingerprint density at radius 3 is 2.56 bits per heavy atom. The first kappa shape index (κ1) is 24.6. The number of aliphatic hydroxyl groups excluding tert-OH is 3. The first-order valence-corrected chi connectivity index (χ1v) is 11.5. The minimum Gasteiger partial charge on any atom is -0.388 e. The molecule has 2 aromatic rings. The zero-order chi connectivity index (χ0) is 23.5. The molecule has 5 atom stereocenters. The van der Waals surface area contributed by atoms with Crippen molar-refractivity contribution in [3.63, 3.8) is 0 Å². The molecule has 1 aliphatic heterocycles. The number of aliphatic hydroxyl groups is 3. The number of ketones is 1. The number of carbonyl (C=O) groups is 1. The molecule has 3 rings (SSSR count). The van der Waals surface area contributed by atoms with Crippen LogP contribution in [0.2, 0.25) is 0 Å². The van der Waals surface area contributed by atoms with Crippen LogP contribution in [-0.4, -0.2) is 91.2 Å². The Bertz CT molecular complexity index is 978. The lowest BCUT2D eigenvalue weighted by Gasteiger charge is -2.26. The maximum atomic E-state index is 13.0. The Morgan fingerprint density at radius 1 is 1.25 bits per heavy atom. The van der Waals surface area contributed by atoms with Crippen LogP contribution in [-0.2, 0) is 27.9 Å². The number of hydrogen-bond acceptors (Lipinski definition) is 13. The second-order valence-electron chi connectivity index (χ2n) is 6.81. The maximum Gasteiger partial charge on any atom is 0.366 e. The van der Waals surface area contributed by atoms with Gasteiger partial charge < -0.3 is 39.6 Å². The van der Waals surface area contributed by atoms with E-state index in [2.05, 4.69) is 15.0 Å². The van der Waals surface area contributed by atoms with Crippen LogP contribution in [0.5, 0.6) is 0 Å². The molecule has 0 amide bonds. The van der Waals surface area contributed by atoms with E-state index in [1.807, 2.05) is 0 Å². The summed E-state index contributed by atoms with van der Waals surface area (Å²) in [6, 6.07) is 0. The van der Waals surface area contributed by atoms with Gasteiger partial charge in [-0.15, -0.1) is 0 Å². The number of carbonyl (C=O) groups excluding carboxylic acids is 1. The molecule has 15 heteroatoms. The predicted molar refractivity (Wildman–Crippen MR) is 108 cm³/mol. The van der Waals surface area contributed by atoms with Gasteiger partial charge in [0, 0.05) is 0 Å². The minimum absolute atomic E-state index is 0.0299. The van der Waals surface area contributed by atoms with Crippen molar-refractivity contribution in [3.05, 3.63) is 12.7 Å². The molecule has 0 radical (unpaired) electrons. The number of nitrogen functional groups attached to an aromatic ring is 1. The van der Waals surface area contributed by atoms with Crippen LogP contribution in [0.15, 0.2) is 12.7 Å². The minimum atomic E-state index is -4.07. The first-order valence-electron chi connectivity index (χ1n) is 9.85. The van der Waals surface area contributed by atoms with Crippen LogP contribution >= 0.6 is 7.60 Å². The summed E-state index contributed by atoms with van der Waals surface area (Å²) in [5.74, 6) is -2.52. The van der Waals surface area contributed by atoms with E-state index >= 15 is 0 Å². The van der Waals surface area contributed by atoms with Gasteiger partial charge in [0.15, 0.2) is 23.5 Å². The molecule has 1 aliphatic rings. The van der Waals surface area contributed by atoms with Crippen molar-refractivity contribution in [2.75, 3.05) is 32.2 Å². The van der Waals surface area contributed by atoms with Gasteiger partial charge in [-0.2, -0.15) is 0 Å². The molecule has 0 bridgehead atoms. The fourth-order valence-electron chi connectivity index (χ4n) is 3.31. The summed E-state index contributed by atoms with van der Waals surface area (Å²) in [5.41, 5.74) is 6.34. The molecule has 14 nitrogen and oxygen atoms in total. The van der Waals surface area contributed by atoms with Gasteiger partial charge in [0.05, 0.1) is 26.1 Å². The summed E-state index contributed by atoms with van der Waals surface area (Å²) in [4.78, 5) is 24.2. The topological polar surface area (TPSA) is 201 Å². The first-order chi connectivity index (χ1) is 15.3. The normalized spacial score (nSPS) is 24.8. The summed E-state index contributed by atoms with van der Waals surface area (Å²) >= 11 is 0. The second kappa shape index (κ2) is 10.3. The third-order valence-corrected chi connectivity index (χ3v) is 7.00. The van der Waals surface area contributed by atoms with Gasteiger partial charge in [-0.25, -0.2) is 15.0 Å². The molecule has 0 spiro atoms. The molecular formula is C17H26N5O9P. The lowest BCUT2D eigenvalue weighted by atomic mass is 10.1. The molecular weight excluding hydrogens is 449 g/mol. The number of anilines is 1. The van der Waals surface area contributed by atoms with Crippen LogP contribution < -0.4 is 5.73 Å². The molecule has 178 valence electrons. The van der Waals surface area contributed by atoms with Crippen LogP contribution in [0.3, 0.4) is 0 Å². The maximum absolute atomic E-state index is 13.0. The molecule has 3 heterocycles. The number of ether oxygens (including phenoxy) is 2. The Morgan fingerprint density at radius 2 is 1.94 bits per heavy atom. The van der Waals surface area contributed by atoms with E-state index in [9.17, 15) is 24.7 Å². The molecule has 32 heavy (non-hydrogen) atoms. The molecule has 0 aromatic carbocycles. The largest absolute Gasteiger partial charge is 0.388 e. The average Bonchev–Trinajstić information content (AvgIpc) is 3.31. The Labute approximate surface area is 182 Å². The van der Waals surface area contributed by atoms with Crippen molar-refractivity contribution >= 4 is 30.4 Å². The highest BCUT2D eigenvalue weighted by atomic mass is 31.2. The molecule has 1 saturated heterocycles. The molecule has 1 unspecified atom stereocenters. The van der Waals surface area contributed by atoms with Crippen LogP contribution in [0.4, 0.5) is 5.82 Å². The number of Topliss-reactive ketones (excluding diaryl/α,β-unsaturated/α-hetero) is 1. The number of nitrogens with two attached hydrogens (primary N) is 1. The van der Waals surface area contributed by atoms with Gasteiger partial charge in [-0.1, -0.05) is 0 Å². The van der Waals surface area contributed by atoms with Crippen molar-refractivity contribution < 1.29 is 43.2 Å². The zero-order valence-electron chi connectivity index (χ0n) is 17.5. The average molecular weight is 475 g/mol. The van der Waals surface area contributed by atoms with Crippen LogP contribution in [0.25, 0.3) is 11.2 Å². The van der Waals surface area contributed by atoms with Gasteiger partial charge in [0.1, 0.15) is 36.8 Å². The van der Waals surface area contributed by atoms with Gasteiger partial charge >= 0.3 is 7.60 Å². The Balaban J connectivity index is 1.78. The standard InChI is InChI=1S/C17H26N5O9P/c1-3-29-32(27,30-4-2)17(9(24)5-23)28-6-10-12(25)13(26)16(31-10)22-8-21-11-14(18)19-7-20-15(11)22/h7-8,10,12-13,16-17,23,25-26H,3-6H2,1-2H3,(H2,18,19,20)/t10-,12-,13-,16-,17?/m1/s1. The number of aromatic nitrogens is 4. The van der Waals surface area contributed by atoms with E-state index in [0.29, 0.717) is 5.52 Å². The molecule has 0 aliphatic carbocycles. The third-order valence-electron chi connectivity index (χ3n) is 4.75. The lowest BCUT2D eigenvalue weighted by Crippen LogP contribution is -2.37. The van der Waals surface area contributed by atoms with E-state index in [-0.39, 0.29) is 24.7 Å². The quantitative estimate of drug-likeness (QED) is 0.294. The van der Waals surface area contributed by atoms with Crippen molar-refractivity contribution in [1.29, 1.82) is 0 Å². The van der Waals surface area contributed by atoms with E-state index in [0.717, 1.165) is 0 Å². The number of fused-ring (bicyclic) bond motifs is 1. The zero-order valence-corrected chi connectivity index (χ0v) is 18.4. The van der Waals surface area contributed by atoms with Gasteiger partial charge in [-0.3, -0.25) is 13.9 Å². The predicted octanol–water partition coefficient (Wildman–Crippen LogP) is -0.802. The van der Waals surface area contributed by atoms with Crippen molar-refractivity contribution in [2.45, 2.75) is 44.2 Å². The summed E-state index contributed by atoms with van der Waals surface area (Å²) in [5, 5.41) is 30.2. The van der Waals surface area contributed by atoms with Crippen molar-refractivity contribution in [3.8, 4) is 0 Å². The van der Waals surface area contributed by atoms with E-state index < -0.39 is 57.0 Å². The second-order valence-corrected chi connectivity index (χ2v) is 8.88. The van der Waals surface area contributed by atoms with Gasteiger partial charge in [-0.05, 0) is 13.8 Å². The molecule has 5 N–H and O–H groups in total. The Hall–Kier alpha value is -2.03. The SMILES string of the molecule is CCOP(=O)(OCC)C(OC[C@H]1O[C@@H](n2cnc3c(N)ncnc32)[C@H](O)[C@@H]1O)C(=O)CO.